The molecule has 100 valence electrons. The van der Waals surface area contributed by atoms with Crippen LogP contribution in [0.2, 0.25) is 0 Å². The van der Waals surface area contributed by atoms with Gasteiger partial charge in [0, 0.05) is 24.5 Å². The molecule has 0 aliphatic carbocycles. The molecule has 4 nitrogen and oxygen atoms in total. The number of nitrogens with one attached hydrogen (secondary N) is 1. The number of pyridine rings is 1. The van der Waals surface area contributed by atoms with Crippen molar-refractivity contribution in [3.63, 3.8) is 0 Å². The third-order valence-corrected chi connectivity index (χ3v) is 4.84. The average Bonchev–Trinajstić information content (AvgIpc) is 2.82. The molecular formula is C13H16N4S2. The highest BCUT2D eigenvalue weighted by Gasteiger charge is 2.17. The van der Waals surface area contributed by atoms with Crippen LogP contribution in [0.1, 0.15) is 12.8 Å². The molecule has 3 heterocycles. The van der Waals surface area contributed by atoms with E-state index in [9.17, 15) is 0 Å². The molecule has 1 fully saturated rings. The van der Waals surface area contributed by atoms with Gasteiger partial charge in [-0.25, -0.2) is 0 Å². The molecule has 3 rings (SSSR count). The van der Waals surface area contributed by atoms with Crippen LogP contribution in [0.4, 0.5) is 0 Å². The van der Waals surface area contributed by atoms with Crippen LogP contribution in [0.5, 0.6) is 0 Å². The third kappa shape index (κ3) is 2.90. The summed E-state index contributed by atoms with van der Waals surface area (Å²) >= 11 is 7.41. The standard InChI is InChI=1S/C13H16N4S2/c18-13-16-15-12(11-1-5-14-6-2-11)17(13)9-10-3-7-19-8-4-10/h1-2,5-6,10H,3-4,7-9H2,(H,16,18). The molecule has 0 radical (unpaired) electrons. The van der Waals surface area contributed by atoms with Crippen molar-refractivity contribution in [3.05, 3.63) is 29.3 Å². The molecular weight excluding hydrogens is 276 g/mol. The van der Waals surface area contributed by atoms with Crippen molar-refractivity contribution in [2.24, 2.45) is 5.92 Å². The fourth-order valence-corrected chi connectivity index (χ4v) is 3.81. The van der Waals surface area contributed by atoms with E-state index in [1.165, 1.54) is 24.3 Å². The van der Waals surface area contributed by atoms with Gasteiger partial charge in [-0.15, -0.1) is 0 Å². The Labute approximate surface area is 121 Å². The Morgan fingerprint density at radius 3 is 2.79 bits per heavy atom. The quantitative estimate of drug-likeness (QED) is 0.883. The molecule has 1 saturated heterocycles. The third-order valence-electron chi connectivity index (χ3n) is 3.48. The van der Waals surface area contributed by atoms with Crippen LogP contribution >= 0.6 is 24.0 Å². The van der Waals surface area contributed by atoms with Gasteiger partial charge < -0.3 is 0 Å². The van der Waals surface area contributed by atoms with E-state index >= 15 is 0 Å². The minimum atomic E-state index is 0.713. The lowest BCUT2D eigenvalue weighted by molar-refractivity contribution is 0.416. The molecule has 1 aliphatic heterocycles. The molecule has 0 spiro atoms. The van der Waals surface area contributed by atoms with Crippen LogP contribution in [0.3, 0.4) is 0 Å². The van der Waals surface area contributed by atoms with Crippen LogP contribution in [-0.4, -0.2) is 31.3 Å². The van der Waals surface area contributed by atoms with Gasteiger partial charge in [0.05, 0.1) is 0 Å². The van der Waals surface area contributed by atoms with E-state index in [-0.39, 0.29) is 0 Å². The summed E-state index contributed by atoms with van der Waals surface area (Å²) in [5.74, 6) is 4.16. The summed E-state index contributed by atoms with van der Waals surface area (Å²) in [6.45, 7) is 0.966. The summed E-state index contributed by atoms with van der Waals surface area (Å²) in [5, 5.41) is 7.28. The van der Waals surface area contributed by atoms with E-state index in [2.05, 4.69) is 19.7 Å². The second-order valence-corrected chi connectivity index (χ2v) is 6.37. The average molecular weight is 292 g/mol. The van der Waals surface area contributed by atoms with Gasteiger partial charge in [-0.1, -0.05) is 0 Å². The monoisotopic (exact) mass is 292 g/mol. The van der Waals surface area contributed by atoms with Crippen molar-refractivity contribution < 1.29 is 0 Å². The number of rotatable bonds is 3. The Hall–Kier alpha value is -1.14. The minimum Gasteiger partial charge on any atom is -0.300 e. The second kappa shape index (κ2) is 5.88. The zero-order valence-corrected chi connectivity index (χ0v) is 12.2. The lowest BCUT2D eigenvalue weighted by atomic mass is 10.0. The second-order valence-electron chi connectivity index (χ2n) is 4.75. The maximum atomic E-state index is 5.37. The fraction of sp³-hybridized carbons (Fsp3) is 0.462. The minimum absolute atomic E-state index is 0.713. The van der Waals surface area contributed by atoms with E-state index in [4.69, 9.17) is 12.2 Å². The Kier molecular flexibility index (Phi) is 3.98. The fourth-order valence-electron chi connectivity index (χ4n) is 2.40. The van der Waals surface area contributed by atoms with E-state index in [1.807, 2.05) is 23.9 Å². The lowest BCUT2D eigenvalue weighted by Crippen LogP contribution is -2.17. The van der Waals surface area contributed by atoms with Crippen LogP contribution in [0.15, 0.2) is 24.5 Å². The Morgan fingerprint density at radius 1 is 1.32 bits per heavy atom. The topological polar surface area (TPSA) is 46.5 Å². The molecule has 2 aromatic heterocycles. The number of nitrogens with zero attached hydrogens (tertiary/aromatic N) is 3. The van der Waals surface area contributed by atoms with Crippen LogP contribution < -0.4 is 0 Å². The van der Waals surface area contributed by atoms with E-state index in [1.54, 1.807) is 12.4 Å². The van der Waals surface area contributed by atoms with E-state index < -0.39 is 0 Å². The molecule has 2 aromatic rings. The zero-order chi connectivity index (χ0) is 13.1. The van der Waals surface area contributed by atoms with Crippen molar-refractivity contribution in [2.75, 3.05) is 11.5 Å². The Morgan fingerprint density at radius 2 is 2.05 bits per heavy atom. The molecule has 0 atom stereocenters. The molecule has 0 aromatic carbocycles. The molecule has 0 unspecified atom stereocenters. The van der Waals surface area contributed by atoms with Gasteiger partial charge in [-0.05, 0) is 54.6 Å². The molecule has 1 N–H and O–H groups in total. The summed E-state index contributed by atoms with van der Waals surface area (Å²) in [6.07, 6.45) is 6.12. The molecule has 0 amide bonds. The summed E-state index contributed by atoms with van der Waals surface area (Å²) < 4.78 is 2.84. The van der Waals surface area contributed by atoms with Gasteiger partial charge >= 0.3 is 0 Å². The SMILES string of the molecule is S=c1[nH]nc(-c2ccncc2)n1CC1CCSCC1. The molecule has 0 bridgehead atoms. The number of thioether (sulfide) groups is 1. The first-order valence-electron chi connectivity index (χ1n) is 6.48. The molecule has 0 saturated carbocycles. The predicted octanol–water partition coefficient (Wildman–Crippen LogP) is 3.15. The first-order chi connectivity index (χ1) is 9.34. The van der Waals surface area contributed by atoms with Gasteiger partial charge in [0.25, 0.3) is 0 Å². The van der Waals surface area contributed by atoms with Crippen LogP contribution in [-0.2, 0) is 6.54 Å². The summed E-state index contributed by atoms with van der Waals surface area (Å²) in [5.41, 5.74) is 1.06. The predicted molar refractivity (Wildman–Crippen MR) is 80.7 cm³/mol. The number of hydrogen-bond donors (Lipinski definition) is 1. The van der Waals surface area contributed by atoms with Gasteiger partial charge in [0.2, 0.25) is 0 Å². The normalized spacial score (nSPS) is 16.6. The maximum Gasteiger partial charge on any atom is 0.195 e. The highest BCUT2D eigenvalue weighted by molar-refractivity contribution is 7.99. The van der Waals surface area contributed by atoms with E-state index in [0.717, 1.165) is 17.9 Å². The molecule has 6 heteroatoms. The summed E-state index contributed by atoms with van der Waals surface area (Å²) in [6, 6.07) is 3.94. The first-order valence-corrected chi connectivity index (χ1v) is 8.04. The molecule has 19 heavy (non-hydrogen) atoms. The van der Waals surface area contributed by atoms with Crippen molar-refractivity contribution in [2.45, 2.75) is 19.4 Å². The number of aromatic amines is 1. The van der Waals surface area contributed by atoms with Crippen LogP contribution in [0.25, 0.3) is 11.4 Å². The number of aromatic nitrogens is 4. The first kappa shape index (κ1) is 12.9. The summed E-state index contributed by atoms with van der Waals surface area (Å²) in [7, 11) is 0. The van der Waals surface area contributed by atoms with Crippen molar-refractivity contribution in [3.8, 4) is 11.4 Å². The highest BCUT2D eigenvalue weighted by atomic mass is 32.2. The van der Waals surface area contributed by atoms with Crippen LogP contribution in [0, 0.1) is 10.7 Å². The number of hydrogen-bond acceptors (Lipinski definition) is 4. The number of H-pyrrole nitrogens is 1. The molecule has 1 aliphatic rings. The zero-order valence-electron chi connectivity index (χ0n) is 10.6. The van der Waals surface area contributed by atoms with Gasteiger partial charge in [0.15, 0.2) is 10.6 Å². The van der Waals surface area contributed by atoms with Gasteiger partial charge in [-0.3, -0.25) is 14.6 Å². The largest absolute Gasteiger partial charge is 0.300 e. The van der Waals surface area contributed by atoms with Crippen molar-refractivity contribution in [1.82, 2.24) is 19.7 Å². The lowest BCUT2D eigenvalue weighted by Gasteiger charge is -2.22. The van der Waals surface area contributed by atoms with E-state index in [0.29, 0.717) is 10.7 Å². The summed E-state index contributed by atoms with van der Waals surface area (Å²) in [4.78, 5) is 4.05. The van der Waals surface area contributed by atoms with Crippen molar-refractivity contribution >= 4 is 24.0 Å². The van der Waals surface area contributed by atoms with Gasteiger partial charge in [-0.2, -0.15) is 16.9 Å². The smallest absolute Gasteiger partial charge is 0.195 e. The maximum absolute atomic E-state index is 5.37. The van der Waals surface area contributed by atoms with Gasteiger partial charge in [0.1, 0.15) is 0 Å². The van der Waals surface area contributed by atoms with Crippen molar-refractivity contribution in [1.29, 1.82) is 0 Å². The Balaban J connectivity index is 1.88. The Bertz CT molecular complexity index is 584. The highest BCUT2D eigenvalue weighted by Crippen LogP contribution is 2.26.